The minimum atomic E-state index is -0.919. The van der Waals surface area contributed by atoms with Crippen LogP contribution in [0, 0.1) is 0 Å². The van der Waals surface area contributed by atoms with Crippen LogP contribution in [0.15, 0.2) is 66.2 Å². The van der Waals surface area contributed by atoms with E-state index < -0.39 is 5.97 Å². The minimum absolute atomic E-state index is 0.227. The molecule has 2 aromatic rings. The summed E-state index contributed by atoms with van der Waals surface area (Å²) < 4.78 is 5.21. The molecule has 3 rings (SSSR count). The molecule has 1 atom stereocenters. The first-order chi connectivity index (χ1) is 12.7. The molecule has 0 aromatic heterocycles. The number of ether oxygens (including phenoxy) is 1. The van der Waals surface area contributed by atoms with E-state index in [-0.39, 0.29) is 6.61 Å². The van der Waals surface area contributed by atoms with Crippen LogP contribution in [0.4, 0.5) is 0 Å². The maximum absolute atomic E-state index is 10.6. The summed E-state index contributed by atoms with van der Waals surface area (Å²) in [4.78, 5) is 10.6. The summed E-state index contributed by atoms with van der Waals surface area (Å²) in [5.74, 6) is -0.919. The molecule has 1 saturated heterocycles. The third-order valence-electron chi connectivity index (χ3n) is 4.67. The van der Waals surface area contributed by atoms with Gasteiger partial charge in [-0.3, -0.25) is 0 Å². The van der Waals surface area contributed by atoms with Gasteiger partial charge >= 0.3 is 5.97 Å². The molecule has 1 fully saturated rings. The predicted molar refractivity (Wildman–Crippen MR) is 103 cm³/mol. The van der Waals surface area contributed by atoms with Crippen molar-refractivity contribution in [2.45, 2.75) is 25.3 Å². The Morgan fingerprint density at radius 2 is 1.65 bits per heavy atom. The fourth-order valence-corrected chi connectivity index (χ4v) is 3.50. The Hall–Kier alpha value is -2.43. The second kappa shape index (κ2) is 9.32. The fourth-order valence-electron chi connectivity index (χ4n) is 3.50. The number of piperidine rings is 1. The molecule has 1 aliphatic rings. The molecular formula is C22H25NO3. The van der Waals surface area contributed by atoms with Gasteiger partial charge in [0, 0.05) is 12.6 Å². The van der Waals surface area contributed by atoms with Gasteiger partial charge in [-0.15, -0.1) is 0 Å². The lowest BCUT2D eigenvalue weighted by Gasteiger charge is -2.28. The van der Waals surface area contributed by atoms with Gasteiger partial charge in [0.15, 0.2) is 0 Å². The van der Waals surface area contributed by atoms with Crippen molar-refractivity contribution in [3.05, 3.63) is 77.4 Å². The standard InChI is InChI=1S/C22H25NO3/c24-21(25)16-26-14-12-20-15-19(11-13-23-20)22(17-7-3-1-4-8-17)18-9-5-2-6-10-18/h1-10,20,23H,11-16H2,(H,24,25). The molecule has 1 heterocycles. The summed E-state index contributed by atoms with van der Waals surface area (Å²) in [6.07, 6.45) is 2.79. The highest BCUT2D eigenvalue weighted by atomic mass is 16.5. The fraction of sp³-hybridized carbons (Fsp3) is 0.318. The van der Waals surface area contributed by atoms with E-state index in [0.717, 1.165) is 25.8 Å². The summed E-state index contributed by atoms with van der Waals surface area (Å²) in [7, 11) is 0. The van der Waals surface area contributed by atoms with Crippen LogP contribution in [0.1, 0.15) is 30.4 Å². The Morgan fingerprint density at radius 1 is 1.04 bits per heavy atom. The zero-order valence-corrected chi connectivity index (χ0v) is 14.9. The Balaban J connectivity index is 1.80. The van der Waals surface area contributed by atoms with Crippen molar-refractivity contribution in [2.24, 2.45) is 0 Å². The first-order valence-electron chi connectivity index (χ1n) is 9.10. The highest BCUT2D eigenvalue weighted by Gasteiger charge is 2.20. The number of hydrogen-bond acceptors (Lipinski definition) is 3. The summed E-state index contributed by atoms with van der Waals surface area (Å²) >= 11 is 0. The second-order valence-electron chi connectivity index (χ2n) is 6.55. The van der Waals surface area contributed by atoms with Gasteiger partial charge in [0.05, 0.1) is 0 Å². The monoisotopic (exact) mass is 351 g/mol. The predicted octanol–water partition coefficient (Wildman–Crippen LogP) is 3.73. The number of carbonyl (C=O) groups is 1. The molecule has 1 unspecified atom stereocenters. The first kappa shape index (κ1) is 18.4. The van der Waals surface area contributed by atoms with Crippen molar-refractivity contribution in [2.75, 3.05) is 19.8 Å². The molecular weight excluding hydrogens is 326 g/mol. The molecule has 1 aliphatic heterocycles. The number of aliphatic carboxylic acids is 1. The molecule has 0 saturated carbocycles. The van der Waals surface area contributed by atoms with Crippen molar-refractivity contribution < 1.29 is 14.6 Å². The number of rotatable bonds is 7. The van der Waals surface area contributed by atoms with Crippen molar-refractivity contribution >= 4 is 11.5 Å². The van der Waals surface area contributed by atoms with E-state index in [1.807, 2.05) is 12.1 Å². The van der Waals surface area contributed by atoms with Gasteiger partial charge in [-0.25, -0.2) is 4.79 Å². The van der Waals surface area contributed by atoms with Crippen LogP contribution in [0.5, 0.6) is 0 Å². The van der Waals surface area contributed by atoms with Crippen LogP contribution in [-0.4, -0.2) is 36.9 Å². The van der Waals surface area contributed by atoms with Crippen molar-refractivity contribution in [1.29, 1.82) is 0 Å². The third-order valence-corrected chi connectivity index (χ3v) is 4.67. The summed E-state index contributed by atoms with van der Waals surface area (Å²) in [5.41, 5.74) is 5.27. The molecule has 0 aliphatic carbocycles. The average Bonchev–Trinajstić information content (AvgIpc) is 2.67. The van der Waals surface area contributed by atoms with Gasteiger partial charge in [-0.05, 0) is 42.5 Å². The summed E-state index contributed by atoms with van der Waals surface area (Å²) in [6.45, 7) is 1.17. The lowest BCUT2D eigenvalue weighted by Crippen LogP contribution is -2.36. The Labute approximate surface area is 154 Å². The van der Waals surface area contributed by atoms with Crippen LogP contribution in [-0.2, 0) is 9.53 Å². The number of hydrogen-bond donors (Lipinski definition) is 2. The summed E-state index contributed by atoms with van der Waals surface area (Å²) in [6, 6.07) is 21.4. The molecule has 0 bridgehead atoms. The molecule has 26 heavy (non-hydrogen) atoms. The van der Waals surface area contributed by atoms with E-state index in [2.05, 4.69) is 53.8 Å². The number of carboxylic acid groups (broad SMARTS) is 1. The maximum Gasteiger partial charge on any atom is 0.329 e. The van der Waals surface area contributed by atoms with Gasteiger partial charge in [-0.1, -0.05) is 66.2 Å². The number of carboxylic acids is 1. The Kier molecular flexibility index (Phi) is 6.58. The smallest absolute Gasteiger partial charge is 0.329 e. The van der Waals surface area contributed by atoms with Gasteiger partial charge < -0.3 is 15.2 Å². The average molecular weight is 351 g/mol. The highest BCUT2D eigenvalue weighted by Crippen LogP contribution is 2.32. The van der Waals surface area contributed by atoms with Gasteiger partial charge in [-0.2, -0.15) is 0 Å². The highest BCUT2D eigenvalue weighted by molar-refractivity contribution is 5.82. The van der Waals surface area contributed by atoms with Gasteiger partial charge in [0.25, 0.3) is 0 Å². The van der Waals surface area contributed by atoms with Gasteiger partial charge in [0.1, 0.15) is 6.61 Å². The van der Waals surface area contributed by atoms with E-state index >= 15 is 0 Å². The SMILES string of the molecule is O=C(O)COCCC1CC(=C(c2ccccc2)c2ccccc2)CCN1. The largest absolute Gasteiger partial charge is 0.480 e. The quantitative estimate of drug-likeness (QED) is 0.746. The van der Waals surface area contributed by atoms with E-state index in [0.29, 0.717) is 12.6 Å². The molecule has 0 spiro atoms. The van der Waals surface area contributed by atoms with Gasteiger partial charge in [0.2, 0.25) is 0 Å². The van der Waals surface area contributed by atoms with E-state index in [9.17, 15) is 4.79 Å². The van der Waals surface area contributed by atoms with E-state index in [4.69, 9.17) is 9.84 Å². The van der Waals surface area contributed by atoms with E-state index in [1.54, 1.807) is 0 Å². The molecule has 4 heteroatoms. The molecule has 2 N–H and O–H groups in total. The van der Waals surface area contributed by atoms with E-state index in [1.165, 1.54) is 22.3 Å². The van der Waals surface area contributed by atoms with Crippen LogP contribution in [0.3, 0.4) is 0 Å². The lowest BCUT2D eigenvalue weighted by molar-refractivity contribution is -0.142. The molecule has 0 amide bonds. The Morgan fingerprint density at radius 3 is 2.23 bits per heavy atom. The molecule has 4 nitrogen and oxygen atoms in total. The molecule has 136 valence electrons. The van der Waals surface area contributed by atoms with Crippen LogP contribution < -0.4 is 5.32 Å². The maximum atomic E-state index is 10.6. The second-order valence-corrected chi connectivity index (χ2v) is 6.55. The molecule has 0 radical (unpaired) electrons. The zero-order chi connectivity index (χ0) is 18.2. The third kappa shape index (κ3) is 5.04. The van der Waals surface area contributed by atoms with Crippen molar-refractivity contribution in [3.8, 4) is 0 Å². The van der Waals surface area contributed by atoms with Crippen molar-refractivity contribution in [1.82, 2.24) is 5.32 Å². The Bertz CT molecular complexity index is 699. The van der Waals surface area contributed by atoms with Crippen molar-refractivity contribution in [3.63, 3.8) is 0 Å². The molecule has 2 aromatic carbocycles. The van der Waals surface area contributed by atoms with Crippen LogP contribution >= 0.6 is 0 Å². The van der Waals surface area contributed by atoms with Crippen LogP contribution in [0.25, 0.3) is 5.57 Å². The summed E-state index contributed by atoms with van der Waals surface area (Å²) in [5, 5.41) is 12.2. The lowest BCUT2D eigenvalue weighted by atomic mass is 9.86. The zero-order valence-electron chi connectivity index (χ0n) is 14.9. The first-order valence-corrected chi connectivity index (χ1v) is 9.10. The normalized spacial score (nSPS) is 17.1. The minimum Gasteiger partial charge on any atom is -0.480 e. The number of nitrogens with one attached hydrogen (secondary N) is 1. The topological polar surface area (TPSA) is 58.6 Å². The number of benzene rings is 2. The van der Waals surface area contributed by atoms with Crippen LogP contribution in [0.2, 0.25) is 0 Å².